The van der Waals surface area contributed by atoms with Gasteiger partial charge in [0.25, 0.3) is 0 Å². The second-order valence-corrected chi connectivity index (χ2v) is 4.34. The topological polar surface area (TPSA) is 29.5 Å². The fourth-order valence-corrected chi connectivity index (χ4v) is 2.61. The third-order valence-corrected chi connectivity index (χ3v) is 3.48. The lowest BCUT2D eigenvalue weighted by atomic mass is 9.75. The summed E-state index contributed by atoms with van der Waals surface area (Å²) in [6, 6.07) is 0. The van der Waals surface area contributed by atoms with E-state index in [0.717, 1.165) is 5.92 Å². The smallest absolute Gasteiger partial charge is 0.0804 e. The van der Waals surface area contributed by atoms with Crippen LogP contribution in [-0.4, -0.2) is 24.4 Å². The lowest BCUT2D eigenvalue weighted by molar-refractivity contribution is -0.0207. The standard InChI is InChI=1S/C12H24O2/c1-3-10-7-5-6-8-11(10)12(13)9-14-4-2/h10-13H,3-9H2,1-2H3. The Labute approximate surface area is 87.7 Å². The molecule has 0 aromatic heterocycles. The monoisotopic (exact) mass is 200 g/mol. The lowest BCUT2D eigenvalue weighted by Crippen LogP contribution is -2.33. The van der Waals surface area contributed by atoms with Crippen molar-refractivity contribution in [3.05, 3.63) is 0 Å². The first-order valence-corrected chi connectivity index (χ1v) is 6.05. The minimum atomic E-state index is -0.236. The number of hydrogen-bond donors (Lipinski definition) is 1. The van der Waals surface area contributed by atoms with Crippen molar-refractivity contribution < 1.29 is 9.84 Å². The van der Waals surface area contributed by atoms with E-state index in [1.54, 1.807) is 0 Å². The fourth-order valence-electron chi connectivity index (χ4n) is 2.61. The zero-order chi connectivity index (χ0) is 10.4. The van der Waals surface area contributed by atoms with Gasteiger partial charge in [-0.25, -0.2) is 0 Å². The predicted octanol–water partition coefficient (Wildman–Crippen LogP) is 2.60. The minimum absolute atomic E-state index is 0.236. The summed E-state index contributed by atoms with van der Waals surface area (Å²) in [5.41, 5.74) is 0. The number of ether oxygens (including phenoxy) is 1. The molecule has 0 aliphatic heterocycles. The van der Waals surface area contributed by atoms with E-state index in [1.807, 2.05) is 6.92 Å². The van der Waals surface area contributed by atoms with E-state index in [4.69, 9.17) is 4.74 Å². The van der Waals surface area contributed by atoms with Gasteiger partial charge in [-0.1, -0.05) is 32.6 Å². The van der Waals surface area contributed by atoms with Crippen LogP contribution in [0, 0.1) is 11.8 Å². The maximum absolute atomic E-state index is 9.98. The van der Waals surface area contributed by atoms with Crippen molar-refractivity contribution in [1.82, 2.24) is 0 Å². The molecule has 2 heteroatoms. The van der Waals surface area contributed by atoms with Crippen molar-refractivity contribution in [2.45, 2.75) is 52.1 Å². The Morgan fingerprint density at radius 2 is 2.00 bits per heavy atom. The van der Waals surface area contributed by atoms with Gasteiger partial charge in [0.1, 0.15) is 0 Å². The molecule has 1 fully saturated rings. The van der Waals surface area contributed by atoms with Gasteiger partial charge >= 0.3 is 0 Å². The quantitative estimate of drug-likeness (QED) is 0.739. The SMILES string of the molecule is CCOCC(O)C1CCCCC1CC. The van der Waals surface area contributed by atoms with Gasteiger partial charge in [-0.05, 0) is 25.2 Å². The van der Waals surface area contributed by atoms with Gasteiger partial charge in [-0.2, -0.15) is 0 Å². The summed E-state index contributed by atoms with van der Waals surface area (Å²) >= 11 is 0. The van der Waals surface area contributed by atoms with E-state index in [9.17, 15) is 5.11 Å². The normalized spacial score (nSPS) is 30.2. The number of rotatable bonds is 5. The van der Waals surface area contributed by atoms with Crippen LogP contribution in [0.5, 0.6) is 0 Å². The molecule has 1 saturated carbocycles. The Balaban J connectivity index is 2.37. The van der Waals surface area contributed by atoms with Crippen LogP contribution in [0.4, 0.5) is 0 Å². The van der Waals surface area contributed by atoms with Gasteiger partial charge in [0.2, 0.25) is 0 Å². The van der Waals surface area contributed by atoms with Crippen molar-refractivity contribution in [2.24, 2.45) is 11.8 Å². The average Bonchev–Trinajstić information content (AvgIpc) is 2.25. The molecule has 14 heavy (non-hydrogen) atoms. The molecule has 1 aliphatic rings. The first-order chi connectivity index (χ1) is 6.79. The molecule has 0 bridgehead atoms. The summed E-state index contributed by atoms with van der Waals surface area (Å²) in [5.74, 6) is 1.21. The van der Waals surface area contributed by atoms with E-state index in [-0.39, 0.29) is 6.10 Å². The highest BCUT2D eigenvalue weighted by molar-refractivity contribution is 4.79. The third kappa shape index (κ3) is 3.25. The van der Waals surface area contributed by atoms with Crippen molar-refractivity contribution in [3.63, 3.8) is 0 Å². The third-order valence-electron chi connectivity index (χ3n) is 3.48. The van der Waals surface area contributed by atoms with E-state index >= 15 is 0 Å². The summed E-state index contributed by atoms with van der Waals surface area (Å²) in [7, 11) is 0. The Morgan fingerprint density at radius 3 is 2.64 bits per heavy atom. The largest absolute Gasteiger partial charge is 0.390 e. The Kier molecular flexibility index (Phi) is 5.49. The van der Waals surface area contributed by atoms with Crippen LogP contribution < -0.4 is 0 Å². The molecule has 3 atom stereocenters. The van der Waals surface area contributed by atoms with Gasteiger partial charge in [0, 0.05) is 6.61 Å². The Morgan fingerprint density at radius 1 is 1.29 bits per heavy atom. The highest BCUT2D eigenvalue weighted by Crippen LogP contribution is 2.34. The Hall–Kier alpha value is -0.0800. The predicted molar refractivity (Wildman–Crippen MR) is 58.2 cm³/mol. The van der Waals surface area contributed by atoms with Crippen molar-refractivity contribution in [2.75, 3.05) is 13.2 Å². The summed E-state index contributed by atoms with van der Waals surface area (Å²) in [6.07, 6.45) is 6.08. The first kappa shape index (κ1) is 12.0. The molecular formula is C12H24O2. The van der Waals surface area contributed by atoms with Gasteiger partial charge in [0.15, 0.2) is 0 Å². The average molecular weight is 200 g/mol. The molecule has 1 rings (SSSR count). The maximum atomic E-state index is 9.98. The number of hydrogen-bond acceptors (Lipinski definition) is 2. The van der Waals surface area contributed by atoms with Crippen molar-refractivity contribution in [3.8, 4) is 0 Å². The highest BCUT2D eigenvalue weighted by atomic mass is 16.5. The summed E-state index contributed by atoms with van der Waals surface area (Å²) in [4.78, 5) is 0. The molecule has 2 nitrogen and oxygen atoms in total. The second-order valence-electron chi connectivity index (χ2n) is 4.34. The molecule has 0 saturated heterocycles. The molecule has 0 aromatic rings. The van der Waals surface area contributed by atoms with E-state index in [1.165, 1.54) is 32.1 Å². The van der Waals surface area contributed by atoms with Gasteiger partial charge in [-0.3, -0.25) is 0 Å². The molecule has 3 unspecified atom stereocenters. The molecule has 0 heterocycles. The molecule has 84 valence electrons. The molecule has 0 aromatic carbocycles. The van der Waals surface area contributed by atoms with E-state index < -0.39 is 0 Å². The van der Waals surface area contributed by atoms with Crippen LogP contribution in [0.2, 0.25) is 0 Å². The molecule has 0 amide bonds. The molecule has 1 N–H and O–H groups in total. The zero-order valence-corrected chi connectivity index (χ0v) is 9.54. The fraction of sp³-hybridized carbons (Fsp3) is 1.00. The lowest BCUT2D eigenvalue weighted by Gasteiger charge is -2.34. The second kappa shape index (κ2) is 6.41. The highest BCUT2D eigenvalue weighted by Gasteiger charge is 2.29. The number of aliphatic hydroxyl groups excluding tert-OH is 1. The van der Waals surface area contributed by atoms with Crippen LogP contribution in [0.3, 0.4) is 0 Å². The number of aliphatic hydroxyl groups is 1. The van der Waals surface area contributed by atoms with E-state index in [2.05, 4.69) is 6.92 Å². The molecular weight excluding hydrogens is 176 g/mol. The van der Waals surface area contributed by atoms with Crippen molar-refractivity contribution >= 4 is 0 Å². The van der Waals surface area contributed by atoms with Gasteiger partial charge in [-0.15, -0.1) is 0 Å². The van der Waals surface area contributed by atoms with Gasteiger partial charge in [0.05, 0.1) is 12.7 Å². The zero-order valence-electron chi connectivity index (χ0n) is 9.54. The molecule has 0 radical (unpaired) electrons. The first-order valence-electron chi connectivity index (χ1n) is 6.05. The van der Waals surface area contributed by atoms with E-state index in [0.29, 0.717) is 19.1 Å². The Bertz CT molecular complexity index is 147. The van der Waals surface area contributed by atoms with Crippen LogP contribution >= 0.6 is 0 Å². The molecule has 1 aliphatic carbocycles. The van der Waals surface area contributed by atoms with Crippen LogP contribution in [0.15, 0.2) is 0 Å². The summed E-state index contributed by atoms with van der Waals surface area (Å²) in [5, 5.41) is 9.98. The minimum Gasteiger partial charge on any atom is -0.390 e. The summed E-state index contributed by atoms with van der Waals surface area (Å²) < 4.78 is 5.29. The van der Waals surface area contributed by atoms with Crippen LogP contribution in [0.1, 0.15) is 46.0 Å². The van der Waals surface area contributed by atoms with Crippen LogP contribution in [-0.2, 0) is 4.74 Å². The summed E-state index contributed by atoms with van der Waals surface area (Å²) in [6.45, 7) is 5.44. The molecule has 0 spiro atoms. The van der Waals surface area contributed by atoms with Gasteiger partial charge < -0.3 is 9.84 Å². The van der Waals surface area contributed by atoms with Crippen LogP contribution in [0.25, 0.3) is 0 Å². The van der Waals surface area contributed by atoms with Crippen molar-refractivity contribution in [1.29, 1.82) is 0 Å². The maximum Gasteiger partial charge on any atom is 0.0804 e.